The number of aliphatic hydroxyl groups excluding tert-OH is 2. The van der Waals surface area contributed by atoms with Crippen molar-refractivity contribution in [1.29, 1.82) is 0 Å². The maximum absolute atomic E-state index is 12.5. The third kappa shape index (κ3) is 7.11. The average molecular weight is 476 g/mol. The minimum absolute atomic E-state index is 0.0209. The molecule has 1 fully saturated rings. The smallest absolute Gasteiger partial charge is 0.348 e. The Kier molecular flexibility index (Phi) is 9.87. The fourth-order valence-corrected chi connectivity index (χ4v) is 4.78. The summed E-state index contributed by atoms with van der Waals surface area (Å²) in [5, 5.41) is 19.1. The minimum atomic E-state index is -0.476. The van der Waals surface area contributed by atoms with E-state index in [-0.39, 0.29) is 25.2 Å². The molecule has 0 spiro atoms. The Labute approximate surface area is 198 Å². The molecule has 0 radical (unpaired) electrons. The van der Waals surface area contributed by atoms with E-state index >= 15 is 0 Å². The van der Waals surface area contributed by atoms with Crippen molar-refractivity contribution in [3.8, 4) is 0 Å². The Hall–Kier alpha value is -2.26. The number of unbranched alkanes of at least 4 members (excludes halogenated alkanes) is 2. The molecule has 8 heteroatoms. The molecule has 33 heavy (non-hydrogen) atoms. The van der Waals surface area contributed by atoms with Crippen molar-refractivity contribution in [2.45, 2.75) is 64.2 Å². The van der Waals surface area contributed by atoms with Crippen molar-refractivity contribution in [3.05, 3.63) is 51.7 Å². The lowest BCUT2D eigenvalue weighted by Gasteiger charge is -2.25. The van der Waals surface area contributed by atoms with Gasteiger partial charge in [-0.2, -0.15) is 0 Å². The zero-order chi connectivity index (χ0) is 23.6. The first-order chi connectivity index (χ1) is 16.0. The van der Waals surface area contributed by atoms with Crippen LogP contribution in [0.15, 0.2) is 36.4 Å². The molecule has 1 amide bonds. The van der Waals surface area contributed by atoms with Crippen LogP contribution in [-0.2, 0) is 20.9 Å². The van der Waals surface area contributed by atoms with E-state index in [2.05, 4.69) is 6.92 Å². The van der Waals surface area contributed by atoms with E-state index in [0.29, 0.717) is 24.5 Å². The van der Waals surface area contributed by atoms with E-state index in [1.165, 1.54) is 11.3 Å². The van der Waals surface area contributed by atoms with E-state index < -0.39 is 12.1 Å². The second kappa shape index (κ2) is 12.8. The van der Waals surface area contributed by atoms with Crippen molar-refractivity contribution in [2.75, 3.05) is 24.7 Å². The Morgan fingerprint density at radius 3 is 2.73 bits per heavy atom. The number of carbonyl (C=O) groups is 2. The van der Waals surface area contributed by atoms with E-state index in [9.17, 15) is 14.7 Å². The summed E-state index contributed by atoms with van der Waals surface area (Å²) < 4.78 is 10.8. The van der Waals surface area contributed by atoms with Gasteiger partial charge < -0.3 is 24.6 Å². The summed E-state index contributed by atoms with van der Waals surface area (Å²) in [6.07, 6.45) is 4.71. The number of amides is 1. The van der Waals surface area contributed by atoms with E-state index in [1.807, 2.05) is 30.3 Å². The SMILES string of the molecule is CCCCC[C@@H](O)c1ccc(N2C(=O)CC[C@@H]2COCc2ccc(C(=O)OCCO)s2)cc1. The second-order valence-corrected chi connectivity index (χ2v) is 9.37. The molecule has 1 aromatic carbocycles. The van der Waals surface area contributed by atoms with Gasteiger partial charge in [0.15, 0.2) is 0 Å². The molecule has 1 aliphatic heterocycles. The van der Waals surface area contributed by atoms with E-state index in [0.717, 1.165) is 48.2 Å². The molecule has 0 unspecified atom stereocenters. The number of thiophene rings is 1. The maximum atomic E-state index is 12.5. The van der Waals surface area contributed by atoms with Gasteiger partial charge >= 0.3 is 5.97 Å². The number of anilines is 1. The monoisotopic (exact) mass is 475 g/mol. The van der Waals surface area contributed by atoms with Gasteiger partial charge in [0.25, 0.3) is 0 Å². The van der Waals surface area contributed by atoms with E-state index in [1.54, 1.807) is 11.0 Å². The van der Waals surface area contributed by atoms with Gasteiger partial charge in [-0.25, -0.2) is 4.79 Å². The minimum Gasteiger partial charge on any atom is -0.459 e. The summed E-state index contributed by atoms with van der Waals surface area (Å²) >= 11 is 1.30. The van der Waals surface area contributed by atoms with Gasteiger partial charge in [0, 0.05) is 17.0 Å². The highest BCUT2D eigenvalue weighted by atomic mass is 32.1. The van der Waals surface area contributed by atoms with Gasteiger partial charge in [0.1, 0.15) is 11.5 Å². The van der Waals surface area contributed by atoms with E-state index in [4.69, 9.17) is 14.6 Å². The van der Waals surface area contributed by atoms with Gasteiger partial charge in [-0.3, -0.25) is 4.79 Å². The van der Waals surface area contributed by atoms with Gasteiger partial charge in [0.05, 0.1) is 32.0 Å². The van der Waals surface area contributed by atoms with Crippen molar-refractivity contribution in [1.82, 2.24) is 0 Å². The van der Waals surface area contributed by atoms with Crippen LogP contribution in [0.2, 0.25) is 0 Å². The summed E-state index contributed by atoms with van der Waals surface area (Å²) in [7, 11) is 0. The summed E-state index contributed by atoms with van der Waals surface area (Å²) in [5.41, 5.74) is 1.70. The standard InChI is InChI=1S/C25H33NO6S/c1-2-3-4-5-22(28)18-6-8-19(9-7-18)26-20(10-13-24(26)29)16-31-17-21-11-12-23(33-21)25(30)32-15-14-27/h6-9,11-12,20,22,27-28H,2-5,10,13-17H2,1H3/t20-,22-/m1/s1. The summed E-state index contributed by atoms with van der Waals surface area (Å²) in [4.78, 5) is 27.5. The van der Waals surface area contributed by atoms with Crippen molar-refractivity contribution in [2.24, 2.45) is 0 Å². The number of hydrogen-bond acceptors (Lipinski definition) is 7. The molecule has 1 saturated heterocycles. The van der Waals surface area contributed by atoms with Crippen molar-refractivity contribution >= 4 is 28.9 Å². The molecular weight excluding hydrogens is 442 g/mol. The summed E-state index contributed by atoms with van der Waals surface area (Å²) in [6.45, 7) is 2.66. The molecule has 2 heterocycles. The third-order valence-electron chi connectivity index (χ3n) is 5.70. The van der Waals surface area contributed by atoms with Crippen molar-refractivity contribution < 1.29 is 29.3 Å². The van der Waals surface area contributed by atoms with Crippen LogP contribution >= 0.6 is 11.3 Å². The van der Waals surface area contributed by atoms with Crippen LogP contribution in [0.3, 0.4) is 0 Å². The first kappa shape index (κ1) is 25.4. The third-order valence-corrected chi connectivity index (χ3v) is 6.74. The normalized spacial score (nSPS) is 16.9. The number of rotatable bonds is 13. The molecule has 0 aliphatic carbocycles. The Balaban J connectivity index is 1.53. The first-order valence-corrected chi connectivity index (χ1v) is 12.4. The number of carbonyl (C=O) groups excluding carboxylic acids is 2. The second-order valence-electron chi connectivity index (χ2n) is 8.20. The highest BCUT2D eigenvalue weighted by Crippen LogP contribution is 2.29. The molecule has 2 N–H and O–H groups in total. The van der Waals surface area contributed by atoms with Crippen molar-refractivity contribution in [3.63, 3.8) is 0 Å². The van der Waals surface area contributed by atoms with Gasteiger partial charge in [-0.1, -0.05) is 38.3 Å². The Bertz CT molecular complexity index is 897. The largest absolute Gasteiger partial charge is 0.459 e. The topological polar surface area (TPSA) is 96.3 Å². The van der Waals surface area contributed by atoms with Crippen LogP contribution < -0.4 is 4.90 Å². The number of aliphatic hydroxyl groups is 2. The zero-order valence-corrected chi connectivity index (χ0v) is 19.9. The molecule has 2 atom stereocenters. The zero-order valence-electron chi connectivity index (χ0n) is 19.1. The fourth-order valence-electron chi connectivity index (χ4n) is 3.94. The molecule has 3 rings (SSSR count). The molecule has 2 aromatic rings. The molecular formula is C25H33NO6S. The first-order valence-electron chi connectivity index (χ1n) is 11.6. The number of nitrogens with zero attached hydrogens (tertiary/aromatic N) is 1. The highest BCUT2D eigenvalue weighted by molar-refractivity contribution is 7.13. The lowest BCUT2D eigenvalue weighted by atomic mass is 10.0. The average Bonchev–Trinajstić information content (AvgIpc) is 3.44. The lowest BCUT2D eigenvalue weighted by molar-refractivity contribution is -0.117. The Morgan fingerprint density at radius 1 is 1.21 bits per heavy atom. The predicted molar refractivity (Wildman–Crippen MR) is 127 cm³/mol. The Morgan fingerprint density at radius 2 is 2.00 bits per heavy atom. The molecule has 1 aliphatic rings. The molecule has 0 bridgehead atoms. The predicted octanol–water partition coefficient (Wildman–Crippen LogP) is 4.22. The quantitative estimate of drug-likeness (QED) is 0.333. The summed E-state index contributed by atoms with van der Waals surface area (Å²) in [5.74, 6) is -0.378. The van der Waals surface area contributed by atoms with Crippen LogP contribution in [-0.4, -0.2) is 48.0 Å². The van der Waals surface area contributed by atoms with Crippen LogP contribution in [0, 0.1) is 0 Å². The highest BCUT2D eigenvalue weighted by Gasteiger charge is 2.32. The van der Waals surface area contributed by atoms with Gasteiger partial charge in [0.2, 0.25) is 5.91 Å². The summed E-state index contributed by atoms with van der Waals surface area (Å²) in [6, 6.07) is 11.1. The molecule has 1 aromatic heterocycles. The fraction of sp³-hybridized carbons (Fsp3) is 0.520. The number of benzene rings is 1. The van der Waals surface area contributed by atoms with Crippen LogP contribution in [0.25, 0.3) is 0 Å². The van der Waals surface area contributed by atoms with Gasteiger partial charge in [-0.15, -0.1) is 11.3 Å². The van der Waals surface area contributed by atoms with Crippen LogP contribution in [0.4, 0.5) is 5.69 Å². The molecule has 180 valence electrons. The lowest BCUT2D eigenvalue weighted by Crippen LogP contribution is -2.36. The van der Waals surface area contributed by atoms with Crippen LogP contribution in [0.1, 0.15) is 71.7 Å². The molecule has 0 saturated carbocycles. The maximum Gasteiger partial charge on any atom is 0.348 e. The number of hydrogen-bond donors (Lipinski definition) is 2. The van der Waals surface area contributed by atoms with Gasteiger partial charge in [-0.05, 0) is 42.7 Å². The van der Waals surface area contributed by atoms with Crippen LogP contribution in [0.5, 0.6) is 0 Å². The molecule has 7 nitrogen and oxygen atoms in total. The number of ether oxygens (including phenoxy) is 2. The number of esters is 1.